The summed E-state index contributed by atoms with van der Waals surface area (Å²) in [5.41, 5.74) is 2.26. The lowest BCUT2D eigenvalue weighted by molar-refractivity contribution is -0.0365. The SMILES string of the molecule is CC(C)(C)S(C)(C)C.C[C@@H](CCOCCCO)n1ncc(-c2nn(C3CCCCO3)c3ccc(O)cc23)n1. The Morgan fingerprint density at radius 3 is 2.53 bits per heavy atom. The topological polar surface area (TPSA) is 107 Å². The molecule has 38 heavy (non-hydrogen) atoms. The molecule has 1 fully saturated rings. The number of hydrogen-bond donors (Lipinski definition) is 2. The lowest BCUT2D eigenvalue weighted by Gasteiger charge is -2.40. The number of phenols is 1. The molecular weight excluding hydrogens is 502 g/mol. The Bertz CT molecular complexity index is 1130. The van der Waals surface area contributed by atoms with Gasteiger partial charge in [0, 0.05) is 31.8 Å². The molecule has 0 amide bonds. The van der Waals surface area contributed by atoms with Gasteiger partial charge in [-0.2, -0.15) is 20.1 Å². The zero-order chi connectivity index (χ0) is 27.9. The van der Waals surface area contributed by atoms with Crippen LogP contribution in [0.25, 0.3) is 22.3 Å². The first-order valence-electron chi connectivity index (χ1n) is 13.5. The number of aromatic nitrogens is 5. The van der Waals surface area contributed by atoms with Crippen LogP contribution in [0.15, 0.2) is 24.4 Å². The third-order valence-corrected chi connectivity index (χ3v) is 10.9. The van der Waals surface area contributed by atoms with Crippen molar-refractivity contribution in [2.24, 2.45) is 0 Å². The maximum Gasteiger partial charge on any atom is 0.150 e. The van der Waals surface area contributed by atoms with Crippen LogP contribution in [0.3, 0.4) is 0 Å². The maximum atomic E-state index is 10.0. The van der Waals surface area contributed by atoms with Gasteiger partial charge in [0.25, 0.3) is 0 Å². The second-order valence-electron chi connectivity index (χ2n) is 11.6. The molecular formula is C28H47N5O4S. The van der Waals surface area contributed by atoms with E-state index in [1.165, 1.54) is 0 Å². The number of phenolic OH excluding ortho intramolecular Hbond substituents is 1. The van der Waals surface area contributed by atoms with Gasteiger partial charge in [-0.3, -0.25) is 0 Å². The van der Waals surface area contributed by atoms with Crippen LogP contribution in [-0.4, -0.2) is 84.9 Å². The van der Waals surface area contributed by atoms with Crippen molar-refractivity contribution in [3.8, 4) is 17.1 Å². The largest absolute Gasteiger partial charge is 0.508 e. The number of nitrogens with zero attached hydrogens (tertiary/aromatic N) is 5. The molecule has 2 N–H and O–H groups in total. The third kappa shape index (κ3) is 7.94. The lowest BCUT2D eigenvalue weighted by atomic mass is 10.1. The molecule has 2 aromatic heterocycles. The van der Waals surface area contributed by atoms with Gasteiger partial charge < -0.3 is 19.7 Å². The molecule has 1 unspecified atom stereocenters. The van der Waals surface area contributed by atoms with Gasteiger partial charge in [-0.1, -0.05) is 20.8 Å². The molecule has 9 nitrogen and oxygen atoms in total. The number of ether oxygens (including phenoxy) is 2. The molecule has 0 aliphatic carbocycles. The van der Waals surface area contributed by atoms with E-state index in [1.54, 1.807) is 23.1 Å². The highest BCUT2D eigenvalue weighted by Gasteiger charge is 2.24. The fraction of sp³-hybridized carbons (Fsp3) is 0.679. The number of benzene rings is 1. The molecule has 0 spiro atoms. The summed E-state index contributed by atoms with van der Waals surface area (Å²) in [6.45, 7) is 11.0. The van der Waals surface area contributed by atoms with E-state index in [2.05, 4.69) is 49.7 Å². The van der Waals surface area contributed by atoms with Gasteiger partial charge in [-0.15, -0.1) is 0 Å². The van der Waals surface area contributed by atoms with Crippen LogP contribution < -0.4 is 0 Å². The Balaban J connectivity index is 0.000000436. The molecule has 214 valence electrons. The fourth-order valence-corrected chi connectivity index (χ4v) is 3.69. The first-order chi connectivity index (χ1) is 17.9. The van der Waals surface area contributed by atoms with Crippen molar-refractivity contribution in [1.82, 2.24) is 24.8 Å². The van der Waals surface area contributed by atoms with Gasteiger partial charge in [0.1, 0.15) is 17.1 Å². The molecule has 0 radical (unpaired) electrons. The summed E-state index contributed by atoms with van der Waals surface area (Å²) in [5, 5.41) is 33.6. The van der Waals surface area contributed by atoms with Crippen LogP contribution in [0.2, 0.25) is 0 Å². The van der Waals surface area contributed by atoms with E-state index in [0.717, 1.165) is 43.2 Å². The highest BCUT2D eigenvalue weighted by atomic mass is 32.3. The first-order valence-corrected chi connectivity index (χ1v) is 16.4. The van der Waals surface area contributed by atoms with Crippen LogP contribution in [0.1, 0.15) is 72.1 Å². The highest BCUT2D eigenvalue weighted by molar-refractivity contribution is 8.33. The maximum absolute atomic E-state index is 10.0. The molecule has 1 saturated heterocycles. The first kappa shape index (κ1) is 30.4. The van der Waals surface area contributed by atoms with Crippen LogP contribution in [0.5, 0.6) is 5.75 Å². The van der Waals surface area contributed by atoms with Gasteiger partial charge in [-0.05, 0) is 80.7 Å². The van der Waals surface area contributed by atoms with E-state index < -0.39 is 0 Å². The molecule has 0 bridgehead atoms. The number of aromatic hydroxyl groups is 1. The standard InChI is InChI=1S/C21H29N5O4.C7H18S/c1-15(8-12-29-10-4-9-27)26-22-14-18(23-26)21-17-13-16(28)6-7-19(17)25(24-21)20-5-2-3-11-30-20;1-7(2,3)8(4,5)6/h6-7,13-15,20,27-28H,2-5,8-12H2,1H3;1-6H3/t15-,20?;/m0./s1. The predicted molar refractivity (Wildman–Crippen MR) is 156 cm³/mol. The number of hydrogen-bond acceptors (Lipinski definition) is 7. The van der Waals surface area contributed by atoms with E-state index >= 15 is 0 Å². The van der Waals surface area contributed by atoms with Crippen molar-refractivity contribution in [2.45, 2.75) is 76.8 Å². The van der Waals surface area contributed by atoms with Crippen molar-refractivity contribution in [2.75, 3.05) is 45.2 Å². The molecule has 3 heterocycles. The van der Waals surface area contributed by atoms with E-state index in [-0.39, 0.29) is 34.7 Å². The Morgan fingerprint density at radius 1 is 1.16 bits per heavy atom. The predicted octanol–water partition coefficient (Wildman–Crippen LogP) is 5.53. The van der Waals surface area contributed by atoms with E-state index in [4.69, 9.17) is 19.7 Å². The average molecular weight is 550 g/mol. The number of rotatable bonds is 9. The highest BCUT2D eigenvalue weighted by Crippen LogP contribution is 2.48. The molecule has 0 saturated carbocycles. The van der Waals surface area contributed by atoms with Crippen LogP contribution >= 0.6 is 10.0 Å². The lowest BCUT2D eigenvalue weighted by Crippen LogP contribution is -2.21. The summed E-state index contributed by atoms with van der Waals surface area (Å²) in [6.07, 6.45) is 13.2. The molecule has 10 heteroatoms. The van der Waals surface area contributed by atoms with Crippen LogP contribution in [0.4, 0.5) is 0 Å². The van der Waals surface area contributed by atoms with Crippen molar-refractivity contribution in [3.63, 3.8) is 0 Å². The normalized spacial score (nSPS) is 17.7. The zero-order valence-electron chi connectivity index (χ0n) is 24.2. The fourth-order valence-electron chi connectivity index (χ4n) is 3.69. The van der Waals surface area contributed by atoms with Gasteiger partial charge >= 0.3 is 0 Å². The minimum atomic E-state index is -0.340. The van der Waals surface area contributed by atoms with Crippen molar-refractivity contribution in [3.05, 3.63) is 24.4 Å². The Kier molecular flexibility index (Phi) is 10.6. The Morgan fingerprint density at radius 2 is 1.89 bits per heavy atom. The van der Waals surface area contributed by atoms with E-state index in [9.17, 15) is 5.11 Å². The number of fused-ring (bicyclic) bond motifs is 1. The third-order valence-electron chi connectivity index (χ3n) is 7.23. The number of aliphatic hydroxyl groups excluding tert-OH is 1. The van der Waals surface area contributed by atoms with Crippen molar-refractivity contribution < 1.29 is 19.7 Å². The summed E-state index contributed by atoms with van der Waals surface area (Å²) >= 11 is 0. The average Bonchev–Trinajstić information content (AvgIpc) is 3.48. The minimum absolute atomic E-state index is 0.0660. The molecule has 4 rings (SSSR count). The smallest absolute Gasteiger partial charge is 0.150 e. The summed E-state index contributed by atoms with van der Waals surface area (Å²) < 4.78 is 13.9. The molecule has 1 aliphatic rings. The molecule has 2 atom stereocenters. The van der Waals surface area contributed by atoms with Gasteiger partial charge in [0.2, 0.25) is 0 Å². The summed E-state index contributed by atoms with van der Waals surface area (Å²) in [4.78, 5) is 1.68. The van der Waals surface area contributed by atoms with E-state index in [1.807, 2.05) is 17.7 Å². The quantitative estimate of drug-likeness (QED) is 0.338. The Hall–Kier alpha value is -2.14. The molecule has 1 aromatic carbocycles. The number of aliphatic hydroxyl groups is 1. The molecule has 3 aromatic rings. The summed E-state index contributed by atoms with van der Waals surface area (Å²) in [7, 11) is -0.340. The van der Waals surface area contributed by atoms with Gasteiger partial charge in [0.15, 0.2) is 6.23 Å². The Labute approximate surface area is 228 Å². The van der Waals surface area contributed by atoms with Crippen LogP contribution in [-0.2, 0) is 9.47 Å². The van der Waals surface area contributed by atoms with Crippen molar-refractivity contribution in [1.29, 1.82) is 0 Å². The second kappa shape index (κ2) is 13.3. The zero-order valence-corrected chi connectivity index (χ0v) is 25.0. The monoisotopic (exact) mass is 549 g/mol. The van der Waals surface area contributed by atoms with Gasteiger partial charge in [0.05, 0.1) is 17.8 Å². The van der Waals surface area contributed by atoms with Crippen molar-refractivity contribution >= 4 is 20.9 Å². The minimum Gasteiger partial charge on any atom is -0.508 e. The van der Waals surface area contributed by atoms with E-state index in [0.29, 0.717) is 35.8 Å². The summed E-state index contributed by atoms with van der Waals surface area (Å²) in [5.74, 6) is 0.189. The van der Waals surface area contributed by atoms with Crippen LogP contribution in [0, 0.1) is 0 Å². The van der Waals surface area contributed by atoms with Gasteiger partial charge in [-0.25, -0.2) is 14.7 Å². The molecule has 1 aliphatic heterocycles. The summed E-state index contributed by atoms with van der Waals surface area (Å²) in [6, 6.07) is 5.32. The second-order valence-corrected chi connectivity index (χ2v) is 16.5.